The Hall–Kier alpha value is -0.380. The fourth-order valence-corrected chi connectivity index (χ4v) is 3.64. The molecule has 1 aliphatic carbocycles. The van der Waals surface area contributed by atoms with Gasteiger partial charge in [0, 0.05) is 12.0 Å². The van der Waals surface area contributed by atoms with Crippen LogP contribution in [0.15, 0.2) is 11.6 Å². The standard InChI is InChI=1S/C15H25NO2/c1-10(2)4-5-13-14(3,18-13)12-8-11(16)6-7-15(12)9-17-15/h4,11-13H,5-9,16H2,1-3H3/t11-,12?,13?,14?,15+/m1/s1. The number of hydrogen-bond acceptors (Lipinski definition) is 3. The molecule has 2 aliphatic heterocycles. The normalized spacial score (nSPS) is 50.1. The maximum Gasteiger partial charge on any atom is 0.0980 e. The fourth-order valence-electron chi connectivity index (χ4n) is 3.64. The van der Waals surface area contributed by atoms with Crippen molar-refractivity contribution in [3.05, 3.63) is 11.6 Å². The molecule has 102 valence electrons. The molecule has 0 radical (unpaired) electrons. The van der Waals surface area contributed by atoms with Crippen LogP contribution < -0.4 is 5.73 Å². The Morgan fingerprint density at radius 2 is 2.17 bits per heavy atom. The number of epoxide rings is 2. The summed E-state index contributed by atoms with van der Waals surface area (Å²) in [6.07, 6.45) is 6.95. The molecule has 2 N–H and O–H groups in total. The zero-order valence-corrected chi connectivity index (χ0v) is 11.7. The van der Waals surface area contributed by atoms with Crippen LogP contribution in [0.25, 0.3) is 0 Å². The van der Waals surface area contributed by atoms with Crippen molar-refractivity contribution in [2.24, 2.45) is 11.7 Å². The summed E-state index contributed by atoms with van der Waals surface area (Å²) in [5.41, 5.74) is 7.63. The molecule has 2 saturated heterocycles. The Balaban J connectivity index is 1.69. The van der Waals surface area contributed by atoms with Crippen molar-refractivity contribution in [1.82, 2.24) is 0 Å². The minimum absolute atomic E-state index is 0.000486. The summed E-state index contributed by atoms with van der Waals surface area (Å²) < 4.78 is 11.8. The molecular formula is C15H25NO2. The lowest BCUT2D eigenvalue weighted by Crippen LogP contribution is -2.45. The number of rotatable bonds is 3. The van der Waals surface area contributed by atoms with E-state index in [9.17, 15) is 0 Å². The van der Waals surface area contributed by atoms with Crippen LogP contribution in [0.1, 0.15) is 46.5 Å². The molecule has 3 rings (SSSR count). The first-order chi connectivity index (χ1) is 8.46. The van der Waals surface area contributed by atoms with Crippen LogP contribution in [-0.4, -0.2) is 30.0 Å². The molecule has 1 spiro atoms. The molecule has 18 heavy (non-hydrogen) atoms. The lowest BCUT2D eigenvalue weighted by atomic mass is 9.69. The third-order valence-electron chi connectivity index (χ3n) is 5.04. The lowest BCUT2D eigenvalue weighted by Gasteiger charge is -2.35. The molecule has 2 heterocycles. The first kappa shape index (κ1) is 12.6. The Morgan fingerprint density at radius 3 is 2.78 bits per heavy atom. The predicted molar refractivity (Wildman–Crippen MR) is 71.3 cm³/mol. The van der Waals surface area contributed by atoms with Gasteiger partial charge >= 0.3 is 0 Å². The largest absolute Gasteiger partial charge is 0.369 e. The third kappa shape index (κ3) is 2.02. The van der Waals surface area contributed by atoms with Crippen molar-refractivity contribution in [2.45, 2.75) is 69.8 Å². The Labute approximate surface area is 110 Å². The molecule has 3 fully saturated rings. The van der Waals surface area contributed by atoms with Crippen LogP contribution in [0, 0.1) is 5.92 Å². The maximum absolute atomic E-state index is 6.14. The second-order valence-electron chi connectivity index (χ2n) is 6.75. The minimum Gasteiger partial charge on any atom is -0.369 e. The molecule has 3 unspecified atom stereocenters. The highest BCUT2D eigenvalue weighted by Gasteiger charge is 2.68. The van der Waals surface area contributed by atoms with Gasteiger partial charge in [-0.05, 0) is 46.5 Å². The molecular weight excluding hydrogens is 226 g/mol. The quantitative estimate of drug-likeness (QED) is 0.619. The summed E-state index contributed by atoms with van der Waals surface area (Å²) in [4.78, 5) is 0. The molecule has 0 aromatic rings. The summed E-state index contributed by atoms with van der Waals surface area (Å²) in [6.45, 7) is 7.45. The predicted octanol–water partition coefficient (Wildman–Crippen LogP) is 2.40. The van der Waals surface area contributed by atoms with E-state index in [1.54, 1.807) is 0 Å². The van der Waals surface area contributed by atoms with Crippen molar-refractivity contribution in [3.63, 3.8) is 0 Å². The second-order valence-corrected chi connectivity index (χ2v) is 6.75. The molecule has 0 aromatic heterocycles. The van der Waals surface area contributed by atoms with E-state index in [4.69, 9.17) is 15.2 Å². The van der Waals surface area contributed by atoms with Crippen LogP contribution in [0.2, 0.25) is 0 Å². The Bertz CT molecular complexity index is 371. The molecule has 0 amide bonds. The van der Waals surface area contributed by atoms with E-state index in [1.807, 2.05) is 0 Å². The second kappa shape index (κ2) is 4.06. The van der Waals surface area contributed by atoms with Crippen molar-refractivity contribution >= 4 is 0 Å². The van der Waals surface area contributed by atoms with Gasteiger partial charge in [-0.15, -0.1) is 0 Å². The molecule has 0 aromatic carbocycles. The van der Waals surface area contributed by atoms with Gasteiger partial charge in [0.15, 0.2) is 0 Å². The van der Waals surface area contributed by atoms with E-state index in [0.29, 0.717) is 18.1 Å². The zero-order valence-electron chi connectivity index (χ0n) is 11.7. The van der Waals surface area contributed by atoms with E-state index < -0.39 is 0 Å². The molecule has 0 bridgehead atoms. The van der Waals surface area contributed by atoms with Crippen LogP contribution in [0.4, 0.5) is 0 Å². The number of ether oxygens (including phenoxy) is 2. The van der Waals surface area contributed by atoms with E-state index in [-0.39, 0.29) is 11.2 Å². The summed E-state index contributed by atoms with van der Waals surface area (Å²) >= 11 is 0. The van der Waals surface area contributed by atoms with Crippen molar-refractivity contribution in [3.8, 4) is 0 Å². The third-order valence-corrected chi connectivity index (χ3v) is 5.04. The molecule has 5 atom stereocenters. The SMILES string of the molecule is CC(C)=CCC1OC1(C)C1C[C@H](N)CC[C@]12CO2. The van der Waals surface area contributed by atoms with E-state index in [0.717, 1.165) is 32.3 Å². The highest BCUT2D eigenvalue weighted by molar-refractivity contribution is 5.18. The summed E-state index contributed by atoms with van der Waals surface area (Å²) in [5.74, 6) is 0.490. The zero-order chi connectivity index (χ0) is 13.0. The van der Waals surface area contributed by atoms with Gasteiger partial charge < -0.3 is 15.2 Å². The minimum atomic E-state index is 0.000486. The van der Waals surface area contributed by atoms with Gasteiger partial charge in [0.05, 0.1) is 23.9 Å². The van der Waals surface area contributed by atoms with E-state index in [1.165, 1.54) is 5.57 Å². The fraction of sp³-hybridized carbons (Fsp3) is 0.867. The highest BCUT2D eigenvalue weighted by Crippen LogP contribution is 2.58. The van der Waals surface area contributed by atoms with Crippen LogP contribution in [0.3, 0.4) is 0 Å². The first-order valence-corrected chi connectivity index (χ1v) is 7.17. The topological polar surface area (TPSA) is 51.1 Å². The first-order valence-electron chi connectivity index (χ1n) is 7.17. The lowest BCUT2D eigenvalue weighted by molar-refractivity contribution is 0.0801. The average Bonchev–Trinajstić information content (AvgIpc) is 3.19. The van der Waals surface area contributed by atoms with Gasteiger partial charge in [-0.3, -0.25) is 0 Å². The smallest absolute Gasteiger partial charge is 0.0980 e. The van der Waals surface area contributed by atoms with Gasteiger partial charge in [0.25, 0.3) is 0 Å². The summed E-state index contributed by atoms with van der Waals surface area (Å²) in [6, 6.07) is 0.329. The Kier molecular flexibility index (Phi) is 2.85. The van der Waals surface area contributed by atoms with E-state index in [2.05, 4.69) is 26.8 Å². The van der Waals surface area contributed by atoms with Gasteiger partial charge in [-0.1, -0.05) is 11.6 Å². The highest BCUT2D eigenvalue weighted by atomic mass is 16.6. The van der Waals surface area contributed by atoms with Crippen LogP contribution >= 0.6 is 0 Å². The monoisotopic (exact) mass is 251 g/mol. The average molecular weight is 251 g/mol. The maximum atomic E-state index is 6.14. The van der Waals surface area contributed by atoms with Gasteiger partial charge in [0.1, 0.15) is 0 Å². The molecule has 1 saturated carbocycles. The van der Waals surface area contributed by atoms with Crippen molar-refractivity contribution in [1.29, 1.82) is 0 Å². The van der Waals surface area contributed by atoms with Crippen molar-refractivity contribution < 1.29 is 9.47 Å². The number of allylic oxidation sites excluding steroid dienone is 1. The Morgan fingerprint density at radius 1 is 1.44 bits per heavy atom. The van der Waals surface area contributed by atoms with Crippen LogP contribution in [0.5, 0.6) is 0 Å². The number of hydrogen-bond donors (Lipinski definition) is 1. The van der Waals surface area contributed by atoms with Crippen LogP contribution in [-0.2, 0) is 9.47 Å². The number of nitrogens with two attached hydrogens (primary N) is 1. The molecule has 3 nitrogen and oxygen atoms in total. The van der Waals surface area contributed by atoms with E-state index >= 15 is 0 Å². The van der Waals surface area contributed by atoms with Crippen molar-refractivity contribution in [2.75, 3.05) is 6.61 Å². The summed E-state index contributed by atoms with van der Waals surface area (Å²) in [5, 5.41) is 0. The molecule has 3 aliphatic rings. The molecule has 3 heteroatoms. The van der Waals surface area contributed by atoms with Gasteiger partial charge in [0.2, 0.25) is 0 Å². The summed E-state index contributed by atoms with van der Waals surface area (Å²) in [7, 11) is 0. The van der Waals surface area contributed by atoms with Gasteiger partial charge in [-0.25, -0.2) is 0 Å². The van der Waals surface area contributed by atoms with Gasteiger partial charge in [-0.2, -0.15) is 0 Å².